The van der Waals surface area contributed by atoms with Gasteiger partial charge in [-0.25, -0.2) is 0 Å². The Morgan fingerprint density at radius 1 is 1.44 bits per heavy atom. The zero-order valence-electron chi connectivity index (χ0n) is 10.7. The average Bonchev–Trinajstić information content (AvgIpc) is 2.35. The van der Waals surface area contributed by atoms with Crippen molar-refractivity contribution in [1.82, 2.24) is 0 Å². The normalized spacial score (nSPS) is 30.9. The standard InChI is InChI=1S/C13H24O3/c1-4-5-6-11-7-10(2)8-12(9-15-3)16-13(11)14/h10-12H,4-9H2,1-3H3/t10?,11-,12?/m0/s1. The molecule has 3 atom stereocenters. The van der Waals surface area contributed by atoms with E-state index in [2.05, 4.69) is 13.8 Å². The molecular formula is C13H24O3. The first-order valence-corrected chi connectivity index (χ1v) is 6.36. The first kappa shape index (κ1) is 13.5. The Hall–Kier alpha value is -0.570. The van der Waals surface area contributed by atoms with Gasteiger partial charge in [-0.1, -0.05) is 26.7 Å². The molecule has 0 aromatic heterocycles. The van der Waals surface area contributed by atoms with Crippen molar-refractivity contribution in [3.8, 4) is 0 Å². The van der Waals surface area contributed by atoms with Crippen LogP contribution in [0.25, 0.3) is 0 Å². The SMILES string of the molecule is CCCC[C@H]1CC(C)CC(COC)OC1=O. The predicted molar refractivity (Wildman–Crippen MR) is 63.2 cm³/mol. The molecule has 3 heteroatoms. The Morgan fingerprint density at radius 2 is 2.19 bits per heavy atom. The molecule has 0 aromatic carbocycles. The molecule has 0 amide bonds. The molecule has 16 heavy (non-hydrogen) atoms. The first-order valence-electron chi connectivity index (χ1n) is 6.36. The van der Waals surface area contributed by atoms with Crippen LogP contribution in [-0.4, -0.2) is 25.8 Å². The van der Waals surface area contributed by atoms with E-state index < -0.39 is 0 Å². The lowest BCUT2D eigenvalue weighted by Gasteiger charge is -2.15. The monoisotopic (exact) mass is 228 g/mol. The number of hydrogen-bond donors (Lipinski definition) is 0. The van der Waals surface area contributed by atoms with Crippen LogP contribution < -0.4 is 0 Å². The third kappa shape index (κ3) is 4.12. The molecule has 1 saturated heterocycles. The number of cyclic esters (lactones) is 1. The maximum absolute atomic E-state index is 11.9. The van der Waals surface area contributed by atoms with Crippen molar-refractivity contribution in [2.75, 3.05) is 13.7 Å². The van der Waals surface area contributed by atoms with E-state index in [0.717, 1.165) is 32.1 Å². The zero-order valence-corrected chi connectivity index (χ0v) is 10.7. The van der Waals surface area contributed by atoms with Crippen molar-refractivity contribution in [2.24, 2.45) is 11.8 Å². The van der Waals surface area contributed by atoms with Crippen LogP contribution in [0.5, 0.6) is 0 Å². The number of methoxy groups -OCH3 is 1. The van der Waals surface area contributed by atoms with Crippen molar-refractivity contribution in [2.45, 2.75) is 52.1 Å². The molecule has 1 aliphatic heterocycles. The van der Waals surface area contributed by atoms with Crippen molar-refractivity contribution in [3.63, 3.8) is 0 Å². The lowest BCUT2D eigenvalue weighted by Crippen LogP contribution is -2.24. The summed E-state index contributed by atoms with van der Waals surface area (Å²) in [5.74, 6) is 0.644. The molecule has 0 bridgehead atoms. The molecule has 2 unspecified atom stereocenters. The van der Waals surface area contributed by atoms with Crippen LogP contribution in [0.2, 0.25) is 0 Å². The van der Waals surface area contributed by atoms with Gasteiger partial charge in [-0.2, -0.15) is 0 Å². The topological polar surface area (TPSA) is 35.5 Å². The number of hydrogen-bond acceptors (Lipinski definition) is 3. The second kappa shape index (κ2) is 6.89. The summed E-state index contributed by atoms with van der Waals surface area (Å²) in [6, 6.07) is 0. The van der Waals surface area contributed by atoms with Crippen LogP contribution in [-0.2, 0) is 14.3 Å². The van der Waals surface area contributed by atoms with Crippen LogP contribution in [0.1, 0.15) is 46.0 Å². The van der Waals surface area contributed by atoms with Gasteiger partial charge in [0, 0.05) is 7.11 Å². The summed E-state index contributed by atoms with van der Waals surface area (Å²) < 4.78 is 10.5. The Labute approximate surface area is 98.5 Å². The number of esters is 1. The quantitative estimate of drug-likeness (QED) is 0.679. The number of ether oxygens (including phenoxy) is 2. The van der Waals surface area contributed by atoms with E-state index in [1.165, 1.54) is 0 Å². The minimum Gasteiger partial charge on any atom is -0.460 e. The molecule has 0 spiro atoms. The summed E-state index contributed by atoms with van der Waals surface area (Å²) in [4.78, 5) is 11.9. The minimum absolute atomic E-state index is 0.0140. The van der Waals surface area contributed by atoms with E-state index in [9.17, 15) is 4.79 Å². The third-order valence-electron chi connectivity index (χ3n) is 3.23. The van der Waals surface area contributed by atoms with Gasteiger partial charge in [0.25, 0.3) is 0 Å². The average molecular weight is 228 g/mol. The van der Waals surface area contributed by atoms with Crippen LogP contribution >= 0.6 is 0 Å². The smallest absolute Gasteiger partial charge is 0.309 e. The number of rotatable bonds is 5. The van der Waals surface area contributed by atoms with Gasteiger partial charge in [0.1, 0.15) is 6.10 Å². The van der Waals surface area contributed by atoms with E-state index in [4.69, 9.17) is 9.47 Å². The van der Waals surface area contributed by atoms with E-state index in [-0.39, 0.29) is 18.0 Å². The first-order chi connectivity index (χ1) is 7.67. The van der Waals surface area contributed by atoms with Crippen LogP contribution in [0, 0.1) is 11.8 Å². The van der Waals surface area contributed by atoms with Crippen LogP contribution in [0.4, 0.5) is 0 Å². The number of unbranched alkanes of at least 4 members (excludes halogenated alkanes) is 1. The minimum atomic E-state index is -0.0425. The molecule has 0 saturated carbocycles. The molecule has 0 radical (unpaired) electrons. The van der Waals surface area contributed by atoms with Gasteiger partial charge < -0.3 is 9.47 Å². The van der Waals surface area contributed by atoms with Crippen LogP contribution in [0.15, 0.2) is 0 Å². The second-order valence-corrected chi connectivity index (χ2v) is 4.93. The molecule has 3 nitrogen and oxygen atoms in total. The van der Waals surface area contributed by atoms with Gasteiger partial charge >= 0.3 is 5.97 Å². The lowest BCUT2D eigenvalue weighted by atomic mass is 9.90. The Bertz CT molecular complexity index is 215. The van der Waals surface area contributed by atoms with Crippen LogP contribution in [0.3, 0.4) is 0 Å². The van der Waals surface area contributed by atoms with E-state index in [0.29, 0.717) is 12.5 Å². The Morgan fingerprint density at radius 3 is 2.81 bits per heavy atom. The molecule has 94 valence electrons. The van der Waals surface area contributed by atoms with Crippen molar-refractivity contribution in [1.29, 1.82) is 0 Å². The zero-order chi connectivity index (χ0) is 12.0. The highest BCUT2D eigenvalue weighted by atomic mass is 16.6. The Kier molecular flexibility index (Phi) is 5.81. The summed E-state index contributed by atoms with van der Waals surface area (Å²) in [5.41, 5.74) is 0. The van der Waals surface area contributed by atoms with Gasteiger partial charge in [-0.15, -0.1) is 0 Å². The molecule has 1 heterocycles. The summed E-state index contributed by atoms with van der Waals surface area (Å²) in [7, 11) is 1.65. The summed E-state index contributed by atoms with van der Waals surface area (Å²) in [6.45, 7) is 4.87. The summed E-state index contributed by atoms with van der Waals surface area (Å²) >= 11 is 0. The molecule has 1 fully saturated rings. The fourth-order valence-corrected chi connectivity index (χ4v) is 2.41. The van der Waals surface area contributed by atoms with E-state index in [1.54, 1.807) is 7.11 Å². The molecule has 0 aromatic rings. The van der Waals surface area contributed by atoms with Gasteiger partial charge in [-0.3, -0.25) is 4.79 Å². The highest BCUT2D eigenvalue weighted by molar-refractivity contribution is 5.72. The number of carbonyl (C=O) groups excluding carboxylic acids is 1. The molecule has 1 aliphatic rings. The maximum Gasteiger partial charge on any atom is 0.309 e. The fraction of sp³-hybridized carbons (Fsp3) is 0.923. The summed E-state index contributed by atoms with van der Waals surface area (Å²) in [6.07, 6.45) is 5.08. The van der Waals surface area contributed by atoms with Gasteiger partial charge in [0.05, 0.1) is 12.5 Å². The van der Waals surface area contributed by atoms with Crippen molar-refractivity contribution < 1.29 is 14.3 Å². The number of carbonyl (C=O) groups is 1. The molecule has 0 N–H and O–H groups in total. The van der Waals surface area contributed by atoms with Gasteiger partial charge in [0.2, 0.25) is 0 Å². The predicted octanol–water partition coefficient (Wildman–Crippen LogP) is 2.78. The largest absolute Gasteiger partial charge is 0.460 e. The molecule has 0 aliphatic carbocycles. The molecular weight excluding hydrogens is 204 g/mol. The van der Waals surface area contributed by atoms with Gasteiger partial charge in [-0.05, 0) is 25.2 Å². The third-order valence-corrected chi connectivity index (χ3v) is 3.23. The maximum atomic E-state index is 11.9. The Balaban J connectivity index is 2.52. The lowest BCUT2D eigenvalue weighted by molar-refractivity contribution is -0.155. The molecule has 1 rings (SSSR count). The van der Waals surface area contributed by atoms with E-state index in [1.807, 2.05) is 0 Å². The van der Waals surface area contributed by atoms with E-state index >= 15 is 0 Å². The highest BCUT2D eigenvalue weighted by Gasteiger charge is 2.30. The van der Waals surface area contributed by atoms with Gasteiger partial charge in [0.15, 0.2) is 0 Å². The second-order valence-electron chi connectivity index (χ2n) is 4.93. The fourth-order valence-electron chi connectivity index (χ4n) is 2.41. The highest BCUT2D eigenvalue weighted by Crippen LogP contribution is 2.28. The van der Waals surface area contributed by atoms with Crippen molar-refractivity contribution >= 4 is 5.97 Å². The van der Waals surface area contributed by atoms with Crippen molar-refractivity contribution in [3.05, 3.63) is 0 Å². The summed E-state index contributed by atoms with van der Waals surface area (Å²) in [5, 5.41) is 0.